The van der Waals surface area contributed by atoms with E-state index in [0.29, 0.717) is 24.7 Å². The molecule has 0 aliphatic rings. The van der Waals surface area contributed by atoms with E-state index in [9.17, 15) is 18.0 Å². The average molecular weight is 674 g/mol. The summed E-state index contributed by atoms with van der Waals surface area (Å²) in [7, 11) is -1.48. The molecule has 11 heteroatoms. The fourth-order valence-corrected chi connectivity index (χ4v) is 6.67. The summed E-state index contributed by atoms with van der Waals surface area (Å²) in [5.41, 5.74) is 2.95. The molecule has 0 saturated heterocycles. The molecular weight excluding hydrogens is 630 g/mol. The molecule has 0 fully saturated rings. The van der Waals surface area contributed by atoms with E-state index in [2.05, 4.69) is 5.32 Å². The summed E-state index contributed by atoms with van der Waals surface area (Å²) >= 11 is 0. The van der Waals surface area contributed by atoms with Crippen LogP contribution in [0.3, 0.4) is 0 Å². The molecule has 0 bridgehead atoms. The lowest BCUT2D eigenvalue weighted by Crippen LogP contribution is -2.53. The maximum absolute atomic E-state index is 14.6. The molecule has 4 rings (SSSR count). The number of likely N-dealkylation sites (N-methyl/N-ethyl adjacent to an activating group) is 1. The number of hydrogen-bond donors (Lipinski definition) is 1. The summed E-state index contributed by atoms with van der Waals surface area (Å²) in [6, 6.07) is 26.9. The Balaban J connectivity index is 1.82. The van der Waals surface area contributed by atoms with Gasteiger partial charge in [0.25, 0.3) is 10.0 Å². The number of amides is 2. The highest BCUT2D eigenvalue weighted by Crippen LogP contribution is 2.33. The Hall–Kier alpha value is -5.03. The lowest BCUT2D eigenvalue weighted by atomic mass is 10.0. The minimum atomic E-state index is -4.35. The first kappa shape index (κ1) is 35.8. The third kappa shape index (κ3) is 8.86. The second-order valence-electron chi connectivity index (χ2n) is 11.1. The highest BCUT2D eigenvalue weighted by molar-refractivity contribution is 7.92. The van der Waals surface area contributed by atoms with Gasteiger partial charge in [0.2, 0.25) is 11.8 Å². The van der Waals surface area contributed by atoms with E-state index in [0.717, 1.165) is 21.0 Å². The van der Waals surface area contributed by atoms with Crippen molar-refractivity contribution in [3.63, 3.8) is 0 Å². The van der Waals surface area contributed by atoms with E-state index in [1.165, 1.54) is 37.3 Å². The number of aryl methyl sites for hydroxylation is 1. The predicted molar refractivity (Wildman–Crippen MR) is 186 cm³/mol. The lowest BCUT2D eigenvalue weighted by Gasteiger charge is -2.34. The molecule has 10 nitrogen and oxygen atoms in total. The Morgan fingerprint density at radius 3 is 2.08 bits per heavy atom. The van der Waals surface area contributed by atoms with Gasteiger partial charge in [0.15, 0.2) is 11.5 Å². The van der Waals surface area contributed by atoms with Gasteiger partial charge in [-0.1, -0.05) is 60.2 Å². The largest absolute Gasteiger partial charge is 0.494 e. The standard InChI is InChI=1S/C37H43N3O7S/c1-6-38-37(42)33(23-28-11-9-8-10-12-28)39(25-29-15-13-27(3)14-16-29)36(41)26-40(30-17-19-31(20-18-30)47-7-2)48(43,44)32-21-22-34(45-4)35(24-32)46-5/h8-22,24,33H,6-7,23,25-26H2,1-5H3,(H,38,42)/t33-/m1/s1. The van der Waals surface area contributed by atoms with Gasteiger partial charge >= 0.3 is 0 Å². The van der Waals surface area contributed by atoms with Crippen molar-refractivity contribution in [1.29, 1.82) is 0 Å². The van der Waals surface area contributed by atoms with Crippen molar-refractivity contribution in [1.82, 2.24) is 10.2 Å². The monoisotopic (exact) mass is 673 g/mol. The number of carbonyl (C=O) groups is 2. The van der Waals surface area contributed by atoms with Crippen LogP contribution in [0.5, 0.6) is 17.2 Å². The molecule has 4 aromatic carbocycles. The fourth-order valence-electron chi connectivity index (χ4n) is 5.24. The number of anilines is 1. The maximum Gasteiger partial charge on any atom is 0.264 e. The van der Waals surface area contributed by atoms with Gasteiger partial charge < -0.3 is 24.4 Å². The summed E-state index contributed by atoms with van der Waals surface area (Å²) in [6.45, 7) is 5.93. The molecule has 0 aromatic heterocycles. The van der Waals surface area contributed by atoms with Gasteiger partial charge in [0.05, 0.1) is 31.4 Å². The van der Waals surface area contributed by atoms with Crippen LogP contribution in [-0.2, 0) is 32.6 Å². The summed E-state index contributed by atoms with van der Waals surface area (Å²) in [6.07, 6.45) is 0.232. The molecule has 1 atom stereocenters. The summed E-state index contributed by atoms with van der Waals surface area (Å²) in [4.78, 5) is 29.6. The normalized spacial score (nSPS) is 11.7. The van der Waals surface area contributed by atoms with Crippen molar-refractivity contribution in [3.05, 3.63) is 114 Å². The number of benzene rings is 4. The molecule has 0 radical (unpaired) electrons. The fraction of sp³-hybridized carbons (Fsp3) is 0.297. The van der Waals surface area contributed by atoms with Crippen molar-refractivity contribution < 1.29 is 32.2 Å². The van der Waals surface area contributed by atoms with Crippen LogP contribution < -0.4 is 23.8 Å². The number of rotatable bonds is 16. The molecule has 0 aliphatic heterocycles. The van der Waals surface area contributed by atoms with Crippen LogP contribution in [0.25, 0.3) is 0 Å². The van der Waals surface area contributed by atoms with Crippen LogP contribution in [0.1, 0.15) is 30.5 Å². The Labute approximate surface area is 283 Å². The van der Waals surface area contributed by atoms with Gasteiger partial charge in [-0.2, -0.15) is 0 Å². The number of nitrogens with zero attached hydrogens (tertiary/aromatic N) is 2. The van der Waals surface area contributed by atoms with Gasteiger partial charge in [0.1, 0.15) is 18.3 Å². The van der Waals surface area contributed by atoms with E-state index >= 15 is 0 Å². The molecule has 0 unspecified atom stereocenters. The Morgan fingerprint density at radius 1 is 0.812 bits per heavy atom. The molecule has 4 aromatic rings. The van der Waals surface area contributed by atoms with Crippen LogP contribution in [-0.4, -0.2) is 65.1 Å². The van der Waals surface area contributed by atoms with E-state index in [4.69, 9.17) is 14.2 Å². The first-order valence-electron chi connectivity index (χ1n) is 15.8. The Morgan fingerprint density at radius 2 is 1.48 bits per heavy atom. The number of sulfonamides is 1. The molecule has 2 amide bonds. The van der Waals surface area contributed by atoms with Gasteiger partial charge in [-0.15, -0.1) is 0 Å². The zero-order valence-corrected chi connectivity index (χ0v) is 28.8. The van der Waals surface area contributed by atoms with Crippen molar-refractivity contribution in [2.75, 3.05) is 38.2 Å². The summed E-state index contributed by atoms with van der Waals surface area (Å²) in [5, 5.41) is 2.87. The zero-order chi connectivity index (χ0) is 34.7. The highest BCUT2D eigenvalue weighted by atomic mass is 32.2. The van der Waals surface area contributed by atoms with Crippen LogP contribution in [0, 0.1) is 6.92 Å². The molecule has 0 heterocycles. The minimum Gasteiger partial charge on any atom is -0.494 e. The van der Waals surface area contributed by atoms with Crippen LogP contribution in [0.2, 0.25) is 0 Å². The molecule has 48 heavy (non-hydrogen) atoms. The quantitative estimate of drug-likeness (QED) is 0.170. The highest BCUT2D eigenvalue weighted by Gasteiger charge is 2.35. The molecular formula is C37H43N3O7S. The van der Waals surface area contributed by atoms with Gasteiger partial charge in [-0.05, 0) is 68.3 Å². The second-order valence-corrected chi connectivity index (χ2v) is 12.9. The number of carbonyl (C=O) groups excluding carboxylic acids is 2. The molecule has 0 spiro atoms. The van der Waals surface area contributed by atoms with E-state index in [-0.39, 0.29) is 35.2 Å². The number of methoxy groups -OCH3 is 2. The molecule has 0 aliphatic carbocycles. The number of ether oxygens (including phenoxy) is 3. The van der Waals surface area contributed by atoms with E-state index in [1.807, 2.05) is 75.4 Å². The molecule has 1 N–H and O–H groups in total. The second kappa shape index (κ2) is 16.7. The van der Waals surface area contributed by atoms with Crippen molar-refractivity contribution in [3.8, 4) is 17.2 Å². The van der Waals surface area contributed by atoms with E-state index in [1.54, 1.807) is 24.3 Å². The number of nitrogens with one attached hydrogen (secondary N) is 1. The van der Waals surface area contributed by atoms with Gasteiger partial charge in [-0.25, -0.2) is 8.42 Å². The summed E-state index contributed by atoms with van der Waals surface area (Å²) in [5.74, 6) is 0.237. The summed E-state index contributed by atoms with van der Waals surface area (Å²) < 4.78 is 46.2. The number of hydrogen-bond acceptors (Lipinski definition) is 7. The van der Waals surface area contributed by atoms with Crippen LogP contribution in [0.4, 0.5) is 5.69 Å². The SMILES string of the molecule is CCNC(=O)[C@@H](Cc1ccccc1)N(Cc1ccc(C)cc1)C(=O)CN(c1ccc(OCC)cc1)S(=O)(=O)c1ccc(OC)c(OC)c1. The first-order chi connectivity index (χ1) is 23.1. The molecule has 254 valence electrons. The smallest absolute Gasteiger partial charge is 0.264 e. The Kier molecular flexibility index (Phi) is 12.5. The van der Waals surface area contributed by atoms with Crippen LogP contribution >= 0.6 is 0 Å². The minimum absolute atomic E-state index is 0.0846. The van der Waals surface area contributed by atoms with Gasteiger partial charge in [0, 0.05) is 25.6 Å². The third-order valence-electron chi connectivity index (χ3n) is 7.75. The Bertz CT molecular complexity index is 1760. The first-order valence-corrected chi connectivity index (χ1v) is 17.2. The average Bonchev–Trinajstić information content (AvgIpc) is 3.10. The third-order valence-corrected chi connectivity index (χ3v) is 9.52. The lowest BCUT2D eigenvalue weighted by molar-refractivity contribution is -0.140. The predicted octanol–water partition coefficient (Wildman–Crippen LogP) is 5.38. The van der Waals surface area contributed by atoms with E-state index < -0.39 is 28.5 Å². The van der Waals surface area contributed by atoms with Crippen LogP contribution in [0.15, 0.2) is 102 Å². The van der Waals surface area contributed by atoms with Gasteiger partial charge in [-0.3, -0.25) is 13.9 Å². The zero-order valence-electron chi connectivity index (χ0n) is 28.0. The van der Waals surface area contributed by atoms with Crippen molar-refractivity contribution >= 4 is 27.5 Å². The topological polar surface area (TPSA) is 114 Å². The maximum atomic E-state index is 14.6. The van der Waals surface area contributed by atoms with Crippen molar-refractivity contribution in [2.45, 2.75) is 44.7 Å². The molecule has 0 saturated carbocycles. The van der Waals surface area contributed by atoms with Crippen molar-refractivity contribution in [2.24, 2.45) is 0 Å².